The van der Waals surface area contributed by atoms with Gasteiger partial charge in [-0.1, -0.05) is 24.3 Å². The van der Waals surface area contributed by atoms with Crippen molar-refractivity contribution in [2.24, 2.45) is 0 Å². The van der Waals surface area contributed by atoms with Crippen LogP contribution in [0, 0.1) is 0 Å². The molecule has 2 heterocycles. The highest BCUT2D eigenvalue weighted by Gasteiger charge is 2.23. The Morgan fingerprint density at radius 2 is 1.85 bits per heavy atom. The summed E-state index contributed by atoms with van der Waals surface area (Å²) in [5.41, 5.74) is 1.86. The predicted octanol–water partition coefficient (Wildman–Crippen LogP) is 1.45. The fraction of sp³-hybridized carbons (Fsp3) is 0.450. The molecule has 138 valence electrons. The van der Waals surface area contributed by atoms with E-state index in [1.54, 1.807) is 6.20 Å². The van der Waals surface area contributed by atoms with Gasteiger partial charge >= 0.3 is 0 Å². The maximum absolute atomic E-state index is 12.7. The van der Waals surface area contributed by atoms with Gasteiger partial charge in [0.2, 0.25) is 11.8 Å². The van der Waals surface area contributed by atoms with Crippen LogP contribution < -0.4 is 5.32 Å². The lowest BCUT2D eigenvalue weighted by Gasteiger charge is -2.34. The van der Waals surface area contributed by atoms with Gasteiger partial charge in [-0.3, -0.25) is 19.5 Å². The Kier molecular flexibility index (Phi) is 5.83. The highest BCUT2D eigenvalue weighted by Crippen LogP contribution is 2.17. The molecule has 0 spiro atoms. The number of carbonyl (C=O) groups excluding carboxylic acids is 2. The first-order valence-corrected chi connectivity index (χ1v) is 9.15. The van der Waals surface area contributed by atoms with Crippen molar-refractivity contribution in [1.29, 1.82) is 0 Å². The van der Waals surface area contributed by atoms with Crippen LogP contribution in [0.15, 0.2) is 36.5 Å². The van der Waals surface area contributed by atoms with E-state index >= 15 is 0 Å². The van der Waals surface area contributed by atoms with Crippen molar-refractivity contribution < 1.29 is 9.59 Å². The summed E-state index contributed by atoms with van der Waals surface area (Å²) < 4.78 is 0. The number of carbonyl (C=O) groups is 2. The Morgan fingerprint density at radius 1 is 1.12 bits per heavy atom. The zero-order valence-electron chi connectivity index (χ0n) is 15.4. The van der Waals surface area contributed by atoms with E-state index in [0.717, 1.165) is 29.6 Å². The summed E-state index contributed by atoms with van der Waals surface area (Å²) in [5, 5.41) is 3.96. The lowest BCUT2D eigenvalue weighted by atomic mass is 10.1. The molecule has 0 radical (unpaired) electrons. The van der Waals surface area contributed by atoms with Gasteiger partial charge in [-0.2, -0.15) is 0 Å². The monoisotopic (exact) mass is 354 g/mol. The van der Waals surface area contributed by atoms with Gasteiger partial charge < -0.3 is 10.2 Å². The molecule has 0 bridgehead atoms. The molecule has 2 aromatic rings. The van der Waals surface area contributed by atoms with Crippen molar-refractivity contribution in [3.63, 3.8) is 0 Å². The molecule has 6 nitrogen and oxygen atoms in total. The standard InChI is InChI=1S/C20H26N4O2/c1-15(2)22-18(25)14-23-9-11-24(12-10-23)19(26)13-17-6-3-5-16-7-4-8-21-20(16)17/h3-8,15H,9-14H2,1-2H3,(H,22,25). The van der Waals surface area contributed by atoms with Crippen LogP contribution in [0.4, 0.5) is 0 Å². The van der Waals surface area contributed by atoms with Gasteiger partial charge in [0, 0.05) is 43.8 Å². The molecule has 0 saturated carbocycles. The maximum atomic E-state index is 12.7. The first kappa shape index (κ1) is 18.3. The number of pyridine rings is 1. The van der Waals surface area contributed by atoms with E-state index in [0.29, 0.717) is 26.1 Å². The van der Waals surface area contributed by atoms with E-state index in [1.807, 2.05) is 49.1 Å². The molecule has 1 aromatic carbocycles. The lowest BCUT2D eigenvalue weighted by molar-refractivity contribution is -0.132. The summed E-state index contributed by atoms with van der Waals surface area (Å²) in [7, 11) is 0. The van der Waals surface area contributed by atoms with Crippen molar-refractivity contribution in [3.8, 4) is 0 Å². The zero-order chi connectivity index (χ0) is 18.5. The van der Waals surface area contributed by atoms with Crippen molar-refractivity contribution in [1.82, 2.24) is 20.1 Å². The minimum absolute atomic E-state index is 0.0432. The Bertz CT molecular complexity index is 777. The molecule has 2 amide bonds. The Labute approximate surface area is 154 Å². The Morgan fingerprint density at radius 3 is 2.58 bits per heavy atom. The SMILES string of the molecule is CC(C)NC(=O)CN1CCN(C(=O)Cc2cccc3cccnc23)CC1. The van der Waals surface area contributed by atoms with E-state index < -0.39 is 0 Å². The molecule has 1 N–H and O–H groups in total. The molecule has 1 aliphatic heterocycles. The van der Waals surface area contributed by atoms with Crippen LogP contribution in [0.5, 0.6) is 0 Å². The topological polar surface area (TPSA) is 65.5 Å². The first-order valence-electron chi connectivity index (χ1n) is 9.15. The summed E-state index contributed by atoms with van der Waals surface area (Å²) in [5.74, 6) is 0.163. The second-order valence-electron chi connectivity index (χ2n) is 7.05. The van der Waals surface area contributed by atoms with E-state index in [4.69, 9.17) is 0 Å². The van der Waals surface area contributed by atoms with E-state index in [-0.39, 0.29) is 17.9 Å². The molecule has 0 aliphatic carbocycles. The summed E-state index contributed by atoms with van der Waals surface area (Å²) in [4.78, 5) is 33.0. The third-order valence-corrected chi connectivity index (χ3v) is 4.60. The average molecular weight is 354 g/mol. The third-order valence-electron chi connectivity index (χ3n) is 4.60. The number of nitrogens with one attached hydrogen (secondary N) is 1. The van der Waals surface area contributed by atoms with E-state index in [2.05, 4.69) is 15.2 Å². The number of aromatic nitrogens is 1. The van der Waals surface area contributed by atoms with Crippen molar-refractivity contribution in [3.05, 3.63) is 42.1 Å². The summed E-state index contributed by atoms with van der Waals surface area (Å²) in [6.45, 7) is 7.08. The smallest absolute Gasteiger partial charge is 0.234 e. The largest absolute Gasteiger partial charge is 0.353 e. The number of benzene rings is 1. The number of hydrogen-bond acceptors (Lipinski definition) is 4. The number of hydrogen-bond donors (Lipinski definition) is 1. The van der Waals surface area contributed by atoms with Gasteiger partial charge in [0.1, 0.15) is 0 Å². The number of nitrogens with zero attached hydrogens (tertiary/aromatic N) is 3. The molecule has 1 fully saturated rings. The fourth-order valence-corrected chi connectivity index (χ4v) is 3.31. The molecule has 1 aliphatic rings. The van der Waals surface area contributed by atoms with E-state index in [1.165, 1.54) is 0 Å². The molecule has 0 unspecified atom stereocenters. The predicted molar refractivity (Wildman–Crippen MR) is 102 cm³/mol. The van der Waals surface area contributed by atoms with Gasteiger partial charge in [-0.25, -0.2) is 0 Å². The first-order chi connectivity index (χ1) is 12.5. The number of amides is 2. The van der Waals surface area contributed by atoms with Crippen LogP contribution >= 0.6 is 0 Å². The third kappa shape index (κ3) is 4.58. The summed E-state index contributed by atoms with van der Waals surface area (Å²) in [6, 6.07) is 10.0. The number of rotatable bonds is 5. The zero-order valence-corrected chi connectivity index (χ0v) is 15.4. The average Bonchev–Trinajstić information content (AvgIpc) is 2.62. The van der Waals surface area contributed by atoms with Gasteiger partial charge in [0.15, 0.2) is 0 Å². The molecule has 6 heteroatoms. The molecule has 1 aromatic heterocycles. The summed E-state index contributed by atoms with van der Waals surface area (Å²) >= 11 is 0. The minimum Gasteiger partial charge on any atom is -0.353 e. The van der Waals surface area contributed by atoms with Gasteiger partial charge in [0.05, 0.1) is 18.5 Å². The number of piperazine rings is 1. The maximum Gasteiger partial charge on any atom is 0.234 e. The van der Waals surface area contributed by atoms with Crippen LogP contribution in [-0.4, -0.2) is 65.4 Å². The van der Waals surface area contributed by atoms with Crippen molar-refractivity contribution >= 4 is 22.7 Å². The van der Waals surface area contributed by atoms with E-state index in [9.17, 15) is 9.59 Å². The second-order valence-corrected chi connectivity index (χ2v) is 7.05. The number of fused-ring (bicyclic) bond motifs is 1. The fourth-order valence-electron chi connectivity index (χ4n) is 3.31. The van der Waals surface area contributed by atoms with Crippen LogP contribution in [0.1, 0.15) is 19.4 Å². The Balaban J connectivity index is 1.55. The van der Waals surface area contributed by atoms with Crippen molar-refractivity contribution in [2.75, 3.05) is 32.7 Å². The van der Waals surface area contributed by atoms with Crippen LogP contribution in [-0.2, 0) is 16.0 Å². The van der Waals surface area contributed by atoms with Crippen LogP contribution in [0.2, 0.25) is 0 Å². The second kappa shape index (κ2) is 8.27. The highest BCUT2D eigenvalue weighted by molar-refractivity contribution is 5.87. The normalized spacial score (nSPS) is 15.4. The molecule has 3 rings (SSSR count). The Hall–Kier alpha value is -2.47. The molecule has 0 atom stereocenters. The molecular formula is C20H26N4O2. The number of para-hydroxylation sites is 1. The van der Waals surface area contributed by atoms with Crippen LogP contribution in [0.3, 0.4) is 0 Å². The minimum atomic E-state index is 0.0432. The molecule has 1 saturated heterocycles. The lowest BCUT2D eigenvalue weighted by Crippen LogP contribution is -2.51. The molecule has 26 heavy (non-hydrogen) atoms. The van der Waals surface area contributed by atoms with Gasteiger partial charge in [-0.15, -0.1) is 0 Å². The van der Waals surface area contributed by atoms with Gasteiger partial charge in [0.25, 0.3) is 0 Å². The van der Waals surface area contributed by atoms with Crippen LogP contribution in [0.25, 0.3) is 10.9 Å². The highest BCUT2D eigenvalue weighted by atomic mass is 16.2. The van der Waals surface area contributed by atoms with Crippen molar-refractivity contribution in [2.45, 2.75) is 26.3 Å². The summed E-state index contributed by atoms with van der Waals surface area (Å²) in [6.07, 6.45) is 2.12. The molecular weight excluding hydrogens is 328 g/mol. The quantitative estimate of drug-likeness (QED) is 0.883. The van der Waals surface area contributed by atoms with Gasteiger partial charge in [-0.05, 0) is 25.5 Å².